The van der Waals surface area contributed by atoms with Gasteiger partial charge in [-0.25, -0.2) is 6.57 Å². The third-order valence-corrected chi connectivity index (χ3v) is 8.02. The number of aromatic nitrogens is 3. The van der Waals surface area contributed by atoms with Crippen LogP contribution in [0.25, 0.3) is 10.5 Å². The second kappa shape index (κ2) is 6.24. The molecule has 4 fully saturated rings. The molecule has 0 bridgehead atoms. The molecule has 1 amide bonds. The number of halogens is 1. The maximum Gasteiger partial charge on any atom is 0.309 e. The van der Waals surface area contributed by atoms with Crippen molar-refractivity contribution in [3.8, 4) is 5.69 Å². The molecule has 5 aliphatic rings. The number of hydrogen-bond acceptors (Lipinski definition) is 5. The van der Waals surface area contributed by atoms with Crippen molar-refractivity contribution in [1.82, 2.24) is 24.6 Å². The van der Waals surface area contributed by atoms with Crippen LogP contribution in [0.15, 0.2) is 18.2 Å². The Balaban J connectivity index is 1.13. The number of anilines is 1. The summed E-state index contributed by atoms with van der Waals surface area (Å²) in [5.41, 5.74) is 1.74. The van der Waals surface area contributed by atoms with E-state index in [2.05, 4.69) is 41.5 Å². The van der Waals surface area contributed by atoms with Crippen LogP contribution in [0.3, 0.4) is 0 Å². The van der Waals surface area contributed by atoms with Crippen molar-refractivity contribution >= 4 is 23.5 Å². The van der Waals surface area contributed by atoms with Gasteiger partial charge in [-0.3, -0.25) is 19.1 Å². The second-order valence-corrected chi connectivity index (χ2v) is 10.8. The fourth-order valence-electron chi connectivity index (χ4n) is 5.71. The first-order chi connectivity index (χ1) is 15.5. The minimum absolute atomic E-state index is 0.0406. The second-order valence-electron chi connectivity index (χ2n) is 10.3. The van der Waals surface area contributed by atoms with Crippen molar-refractivity contribution in [3.05, 3.63) is 46.0 Å². The van der Waals surface area contributed by atoms with Crippen LogP contribution in [-0.4, -0.2) is 68.2 Å². The number of carbonyl (C=O) groups excluding carboxylic acids is 1. The summed E-state index contributed by atoms with van der Waals surface area (Å²) in [4.78, 5) is 22.9. The predicted octanol–water partition coefficient (Wildman–Crippen LogP) is 2.50. The lowest BCUT2D eigenvalue weighted by atomic mass is 9.72. The summed E-state index contributed by atoms with van der Waals surface area (Å²) < 4.78 is 2.21. The average Bonchev–Trinajstić information content (AvgIpc) is 3.63. The van der Waals surface area contributed by atoms with Crippen LogP contribution in [0.2, 0.25) is 5.02 Å². The van der Waals surface area contributed by atoms with Crippen molar-refractivity contribution in [2.75, 3.05) is 31.1 Å². The number of hydrogen-bond donors (Lipinski definition) is 0. The van der Waals surface area contributed by atoms with Gasteiger partial charge >= 0.3 is 11.4 Å². The molecule has 164 valence electrons. The molecule has 2 saturated heterocycles. The summed E-state index contributed by atoms with van der Waals surface area (Å²) >= 11 is 6.34. The predicted molar refractivity (Wildman–Crippen MR) is 118 cm³/mol. The number of rotatable bonds is 3. The quantitative estimate of drug-likeness (QED) is 0.674. The van der Waals surface area contributed by atoms with Crippen LogP contribution < -0.4 is 4.90 Å². The van der Waals surface area contributed by atoms with E-state index in [9.17, 15) is 4.79 Å². The van der Waals surface area contributed by atoms with Crippen LogP contribution in [0.4, 0.5) is 5.95 Å². The Morgan fingerprint density at radius 1 is 1.12 bits per heavy atom. The van der Waals surface area contributed by atoms with Gasteiger partial charge in [0.1, 0.15) is 0 Å². The van der Waals surface area contributed by atoms with Crippen LogP contribution in [0.5, 0.6) is 0 Å². The maximum atomic E-state index is 12.6. The van der Waals surface area contributed by atoms with Gasteiger partial charge in [-0.15, -0.1) is 10.2 Å². The molecule has 1 aromatic heterocycles. The summed E-state index contributed by atoms with van der Waals surface area (Å²) in [6.07, 6.45) is 3.93. The van der Waals surface area contributed by atoms with E-state index in [0.717, 1.165) is 74.6 Å². The third kappa shape index (κ3) is 2.67. The molecule has 7 rings (SSSR count). The molecule has 0 N–H and O–H groups in total. The van der Waals surface area contributed by atoms with E-state index in [1.54, 1.807) is 0 Å². The van der Waals surface area contributed by atoms with E-state index in [1.807, 2.05) is 11.0 Å². The molecule has 2 aliphatic carbocycles. The highest BCUT2D eigenvalue weighted by Gasteiger charge is 2.64. The Bertz CT molecular complexity index is 1180. The Kier molecular flexibility index (Phi) is 3.68. The molecule has 8 nitrogen and oxygen atoms in total. The molecule has 1 aromatic carbocycles. The normalized spacial score (nSPS) is 24.6. The fourth-order valence-corrected chi connectivity index (χ4v) is 5.91. The SMILES string of the molecule is [C-]#[N+]C1(C(=O)N2CC3(C2)CN(c2nnc4n2-c2ccc(Cl)cc2CN(C2CC2)C4)C3)CC1. The highest BCUT2D eigenvalue weighted by atomic mass is 35.5. The average molecular weight is 450 g/mol. The van der Waals surface area contributed by atoms with E-state index in [1.165, 1.54) is 18.4 Å². The number of benzene rings is 1. The maximum absolute atomic E-state index is 12.6. The molecule has 4 heterocycles. The van der Waals surface area contributed by atoms with Gasteiger partial charge in [-0.05, 0) is 36.6 Å². The Hall–Kier alpha value is -2.63. The van der Waals surface area contributed by atoms with Crippen molar-refractivity contribution in [3.63, 3.8) is 0 Å². The zero-order chi connectivity index (χ0) is 21.7. The highest BCUT2D eigenvalue weighted by molar-refractivity contribution is 6.30. The van der Waals surface area contributed by atoms with Crippen molar-refractivity contribution in [2.45, 2.75) is 50.4 Å². The number of likely N-dealkylation sites (tertiary alicyclic amines) is 1. The van der Waals surface area contributed by atoms with Gasteiger partial charge in [-0.2, -0.15) is 0 Å². The van der Waals surface area contributed by atoms with Crippen molar-refractivity contribution in [2.24, 2.45) is 5.41 Å². The van der Waals surface area contributed by atoms with Crippen LogP contribution in [0.1, 0.15) is 37.1 Å². The largest absolute Gasteiger partial charge is 0.339 e. The lowest BCUT2D eigenvalue weighted by Gasteiger charge is -2.60. The molecule has 2 saturated carbocycles. The molecule has 0 unspecified atom stereocenters. The van der Waals surface area contributed by atoms with Crippen LogP contribution >= 0.6 is 11.6 Å². The summed E-state index contributed by atoms with van der Waals surface area (Å²) in [7, 11) is 0. The number of fused-ring (bicyclic) bond motifs is 3. The van der Waals surface area contributed by atoms with Crippen molar-refractivity contribution in [1.29, 1.82) is 0 Å². The Morgan fingerprint density at radius 3 is 2.59 bits per heavy atom. The van der Waals surface area contributed by atoms with E-state index in [0.29, 0.717) is 6.04 Å². The monoisotopic (exact) mass is 449 g/mol. The number of amides is 1. The lowest BCUT2D eigenvalue weighted by Crippen LogP contribution is -2.74. The lowest BCUT2D eigenvalue weighted by molar-refractivity contribution is -0.146. The first kappa shape index (κ1) is 18.9. The van der Waals surface area contributed by atoms with E-state index >= 15 is 0 Å². The number of carbonyl (C=O) groups is 1. The standard InChI is InChI=1S/C23H24ClN7O/c1-25-23(6-7-23)20(32)29-11-22(12-29)13-30(14-22)21-27-26-19-10-28(17-3-4-17)9-15-8-16(24)2-5-18(15)31(19)21/h2,5,8,17H,3-4,6-7,9-14H2. The molecule has 3 aliphatic heterocycles. The van der Waals surface area contributed by atoms with E-state index in [4.69, 9.17) is 18.2 Å². The van der Waals surface area contributed by atoms with E-state index in [-0.39, 0.29) is 11.3 Å². The van der Waals surface area contributed by atoms with Crippen LogP contribution in [-0.2, 0) is 17.9 Å². The van der Waals surface area contributed by atoms with Gasteiger partial charge < -0.3 is 9.80 Å². The van der Waals surface area contributed by atoms with Gasteiger partial charge in [-0.1, -0.05) is 11.6 Å². The highest BCUT2D eigenvalue weighted by Crippen LogP contribution is 2.48. The first-order valence-electron chi connectivity index (χ1n) is 11.4. The van der Waals surface area contributed by atoms with Gasteiger partial charge in [0, 0.05) is 62.0 Å². The third-order valence-electron chi connectivity index (χ3n) is 7.79. The molecule has 0 atom stereocenters. The Labute approximate surface area is 191 Å². The topological polar surface area (TPSA) is 61.9 Å². The minimum atomic E-state index is -0.728. The van der Waals surface area contributed by atoms with Gasteiger partial charge in [0.25, 0.3) is 0 Å². The number of nitrogens with zero attached hydrogens (tertiary/aromatic N) is 7. The van der Waals surface area contributed by atoms with Gasteiger partial charge in [0.2, 0.25) is 5.95 Å². The molecule has 0 radical (unpaired) electrons. The first-order valence-corrected chi connectivity index (χ1v) is 11.8. The molecule has 2 aromatic rings. The fraction of sp³-hybridized carbons (Fsp3) is 0.565. The summed E-state index contributed by atoms with van der Waals surface area (Å²) in [6.45, 7) is 12.3. The molecular weight excluding hydrogens is 426 g/mol. The smallest absolute Gasteiger partial charge is 0.309 e. The summed E-state index contributed by atoms with van der Waals surface area (Å²) in [6, 6.07) is 6.73. The van der Waals surface area contributed by atoms with E-state index < -0.39 is 5.54 Å². The van der Waals surface area contributed by atoms with Crippen molar-refractivity contribution < 1.29 is 4.79 Å². The summed E-state index contributed by atoms with van der Waals surface area (Å²) in [5, 5.41) is 9.94. The molecule has 1 spiro atoms. The Morgan fingerprint density at radius 2 is 1.91 bits per heavy atom. The van der Waals surface area contributed by atoms with Crippen LogP contribution in [0, 0.1) is 12.0 Å². The minimum Gasteiger partial charge on any atom is -0.339 e. The van der Waals surface area contributed by atoms with Gasteiger partial charge in [0.05, 0.1) is 12.2 Å². The molecule has 9 heteroatoms. The zero-order valence-electron chi connectivity index (χ0n) is 17.8. The molecule has 32 heavy (non-hydrogen) atoms. The van der Waals surface area contributed by atoms with Gasteiger partial charge in [0.15, 0.2) is 5.82 Å². The zero-order valence-corrected chi connectivity index (χ0v) is 18.6. The molecular formula is C23H24ClN7O. The summed E-state index contributed by atoms with van der Waals surface area (Å²) in [5.74, 6) is 1.91.